The molecule has 0 radical (unpaired) electrons. The van der Waals surface area contributed by atoms with Crippen LogP contribution in [0, 0.1) is 5.92 Å². The number of ether oxygens (including phenoxy) is 2. The highest BCUT2D eigenvalue weighted by Crippen LogP contribution is 2.29. The Morgan fingerprint density at radius 2 is 1.80 bits per heavy atom. The van der Waals surface area contributed by atoms with Crippen molar-refractivity contribution in [3.8, 4) is 0 Å². The molecule has 0 spiro atoms. The molecule has 0 aromatic heterocycles. The van der Waals surface area contributed by atoms with Crippen LogP contribution in [0.2, 0.25) is 0 Å². The van der Waals surface area contributed by atoms with Crippen molar-refractivity contribution in [3.63, 3.8) is 0 Å². The fourth-order valence-electron chi connectivity index (χ4n) is 2.96. The van der Waals surface area contributed by atoms with Gasteiger partial charge in [0, 0.05) is 18.5 Å². The SMILES string of the molecule is COC(=O)[C@@H]1C[C@@H](CC(=O)c2ccccc2)CN1C(=O)OC(C)(C)C. The highest BCUT2D eigenvalue weighted by Gasteiger charge is 2.42. The molecule has 0 aliphatic carbocycles. The third-order valence-corrected chi connectivity index (χ3v) is 4.06. The summed E-state index contributed by atoms with van der Waals surface area (Å²) < 4.78 is 10.2. The molecule has 1 aliphatic rings. The van der Waals surface area contributed by atoms with Crippen LogP contribution in [0.1, 0.15) is 44.0 Å². The maximum Gasteiger partial charge on any atom is 0.411 e. The third-order valence-electron chi connectivity index (χ3n) is 4.06. The number of amides is 1. The summed E-state index contributed by atoms with van der Waals surface area (Å²) in [6.45, 7) is 5.60. The van der Waals surface area contributed by atoms with Gasteiger partial charge in [-0.2, -0.15) is 0 Å². The molecule has 1 saturated heterocycles. The molecule has 2 atom stereocenters. The van der Waals surface area contributed by atoms with E-state index < -0.39 is 23.7 Å². The number of likely N-dealkylation sites (tertiary alicyclic amines) is 1. The highest BCUT2D eigenvalue weighted by atomic mass is 16.6. The minimum absolute atomic E-state index is 0.000236. The number of Topliss-reactive ketones (excluding diaryl/α,β-unsaturated/α-hetero) is 1. The zero-order valence-corrected chi connectivity index (χ0v) is 15.2. The average molecular weight is 347 g/mol. The molecule has 136 valence electrons. The molecule has 2 rings (SSSR count). The molecule has 25 heavy (non-hydrogen) atoms. The molecule has 0 N–H and O–H groups in total. The summed E-state index contributed by atoms with van der Waals surface area (Å²) in [5, 5.41) is 0. The fourth-order valence-corrected chi connectivity index (χ4v) is 2.96. The number of benzene rings is 1. The molecule has 1 aromatic rings. The van der Waals surface area contributed by atoms with Crippen molar-refractivity contribution in [2.24, 2.45) is 5.92 Å². The first-order valence-corrected chi connectivity index (χ1v) is 8.37. The van der Waals surface area contributed by atoms with E-state index in [0.29, 0.717) is 18.5 Å². The monoisotopic (exact) mass is 347 g/mol. The molecule has 0 saturated carbocycles. The molecule has 1 fully saturated rings. The normalized spacial score (nSPS) is 20.2. The van der Waals surface area contributed by atoms with Gasteiger partial charge in [-0.15, -0.1) is 0 Å². The Bertz CT molecular complexity index is 635. The Hall–Kier alpha value is -2.37. The third kappa shape index (κ3) is 5.05. The molecule has 1 aliphatic heterocycles. The first-order valence-electron chi connectivity index (χ1n) is 8.37. The topological polar surface area (TPSA) is 72.9 Å². The van der Waals surface area contributed by atoms with Crippen LogP contribution in [0.3, 0.4) is 0 Å². The standard InChI is InChI=1S/C19H25NO5/c1-19(2,3)25-18(23)20-12-13(10-15(20)17(22)24-4)11-16(21)14-8-6-5-7-9-14/h5-9,13,15H,10-12H2,1-4H3/t13-,15-/m0/s1. The lowest BCUT2D eigenvalue weighted by Crippen LogP contribution is -2.43. The van der Waals surface area contributed by atoms with Crippen LogP contribution in [0.15, 0.2) is 30.3 Å². The van der Waals surface area contributed by atoms with E-state index in [1.165, 1.54) is 12.0 Å². The zero-order chi connectivity index (χ0) is 18.6. The van der Waals surface area contributed by atoms with Crippen molar-refractivity contribution >= 4 is 17.8 Å². The molecule has 6 heteroatoms. The van der Waals surface area contributed by atoms with Crippen molar-refractivity contribution < 1.29 is 23.9 Å². The molecule has 0 unspecified atom stereocenters. The first kappa shape index (κ1) is 19.0. The number of rotatable bonds is 4. The maximum absolute atomic E-state index is 12.4. The summed E-state index contributed by atoms with van der Waals surface area (Å²) in [5.74, 6) is -0.593. The van der Waals surface area contributed by atoms with Gasteiger partial charge < -0.3 is 9.47 Å². The van der Waals surface area contributed by atoms with Gasteiger partial charge in [0.05, 0.1) is 7.11 Å². The van der Waals surface area contributed by atoms with Crippen LogP contribution in [0.25, 0.3) is 0 Å². The van der Waals surface area contributed by atoms with E-state index in [9.17, 15) is 14.4 Å². The van der Waals surface area contributed by atoms with Crippen molar-refractivity contribution in [2.45, 2.75) is 45.3 Å². The van der Waals surface area contributed by atoms with Gasteiger partial charge in [-0.05, 0) is 33.1 Å². The lowest BCUT2D eigenvalue weighted by atomic mass is 9.96. The lowest BCUT2D eigenvalue weighted by Gasteiger charge is -2.27. The molecule has 1 heterocycles. The number of esters is 1. The second-order valence-corrected chi connectivity index (χ2v) is 7.27. The van der Waals surface area contributed by atoms with Crippen molar-refractivity contribution in [1.29, 1.82) is 0 Å². The van der Waals surface area contributed by atoms with Gasteiger partial charge in [0.25, 0.3) is 0 Å². The van der Waals surface area contributed by atoms with Gasteiger partial charge in [-0.1, -0.05) is 30.3 Å². The second kappa shape index (κ2) is 7.68. The van der Waals surface area contributed by atoms with E-state index >= 15 is 0 Å². The lowest BCUT2D eigenvalue weighted by molar-refractivity contribution is -0.145. The van der Waals surface area contributed by atoms with E-state index in [1.807, 2.05) is 18.2 Å². The van der Waals surface area contributed by atoms with E-state index in [1.54, 1.807) is 32.9 Å². The second-order valence-electron chi connectivity index (χ2n) is 7.27. The Morgan fingerprint density at radius 3 is 2.36 bits per heavy atom. The van der Waals surface area contributed by atoms with E-state index in [4.69, 9.17) is 9.47 Å². The Kier molecular flexibility index (Phi) is 5.82. The summed E-state index contributed by atoms with van der Waals surface area (Å²) in [5.41, 5.74) is -0.0248. The van der Waals surface area contributed by atoms with Crippen LogP contribution in [-0.4, -0.2) is 48.0 Å². The van der Waals surface area contributed by atoms with Gasteiger partial charge in [-0.25, -0.2) is 9.59 Å². The molecular formula is C19H25NO5. The Morgan fingerprint density at radius 1 is 1.16 bits per heavy atom. The van der Waals surface area contributed by atoms with Crippen LogP contribution < -0.4 is 0 Å². The Labute approximate surface area is 148 Å². The number of nitrogens with zero attached hydrogens (tertiary/aromatic N) is 1. The Balaban J connectivity index is 2.08. The highest BCUT2D eigenvalue weighted by molar-refractivity contribution is 5.96. The van der Waals surface area contributed by atoms with E-state index in [2.05, 4.69) is 0 Å². The summed E-state index contributed by atoms with van der Waals surface area (Å²) in [7, 11) is 1.29. The molecule has 1 amide bonds. The average Bonchev–Trinajstić information content (AvgIpc) is 2.97. The minimum atomic E-state index is -0.714. The van der Waals surface area contributed by atoms with Gasteiger partial charge >= 0.3 is 12.1 Å². The van der Waals surface area contributed by atoms with Crippen LogP contribution in [0.5, 0.6) is 0 Å². The number of hydrogen-bond acceptors (Lipinski definition) is 5. The zero-order valence-electron chi connectivity index (χ0n) is 15.2. The van der Waals surface area contributed by atoms with Gasteiger partial charge in [-0.3, -0.25) is 9.69 Å². The van der Waals surface area contributed by atoms with Crippen molar-refractivity contribution in [1.82, 2.24) is 4.90 Å². The number of carbonyl (C=O) groups excluding carboxylic acids is 3. The maximum atomic E-state index is 12.4. The summed E-state index contributed by atoms with van der Waals surface area (Å²) in [4.78, 5) is 38.2. The van der Waals surface area contributed by atoms with E-state index in [0.717, 1.165) is 0 Å². The number of methoxy groups -OCH3 is 1. The van der Waals surface area contributed by atoms with Crippen molar-refractivity contribution in [3.05, 3.63) is 35.9 Å². The predicted molar refractivity (Wildman–Crippen MR) is 92.2 cm³/mol. The number of hydrogen-bond donors (Lipinski definition) is 0. The van der Waals surface area contributed by atoms with E-state index in [-0.39, 0.29) is 18.1 Å². The number of ketones is 1. The summed E-state index contributed by atoms with van der Waals surface area (Å²) in [6, 6.07) is 8.29. The van der Waals surface area contributed by atoms with Crippen molar-refractivity contribution in [2.75, 3.05) is 13.7 Å². The minimum Gasteiger partial charge on any atom is -0.467 e. The summed E-state index contributed by atoms with van der Waals surface area (Å²) in [6.07, 6.45) is 0.110. The van der Waals surface area contributed by atoms with Gasteiger partial charge in [0.1, 0.15) is 11.6 Å². The molecule has 1 aromatic carbocycles. The predicted octanol–water partition coefficient (Wildman–Crippen LogP) is 3.06. The smallest absolute Gasteiger partial charge is 0.411 e. The van der Waals surface area contributed by atoms with Gasteiger partial charge in [0.15, 0.2) is 5.78 Å². The molecule has 0 bridgehead atoms. The largest absolute Gasteiger partial charge is 0.467 e. The van der Waals surface area contributed by atoms with Crippen LogP contribution in [0.4, 0.5) is 4.79 Å². The molecular weight excluding hydrogens is 322 g/mol. The van der Waals surface area contributed by atoms with Crippen LogP contribution >= 0.6 is 0 Å². The fraction of sp³-hybridized carbons (Fsp3) is 0.526. The van der Waals surface area contributed by atoms with Gasteiger partial charge in [0.2, 0.25) is 0 Å². The van der Waals surface area contributed by atoms with Crippen LogP contribution in [-0.2, 0) is 14.3 Å². The quantitative estimate of drug-likeness (QED) is 0.618. The summed E-state index contributed by atoms with van der Waals surface area (Å²) >= 11 is 0. The molecule has 6 nitrogen and oxygen atoms in total. The number of carbonyl (C=O) groups is 3. The first-order chi connectivity index (χ1) is 11.7.